The SMILES string of the molecule is Cc1ccsc1-c1cc2c3cc(-c4sccc4C)c4nc(C(F)(F)C(F)(F)C(F)(F)F)nc5c(-c6sccc6C)cc(c6cc(-c7sccc7C)c7nc(C(F)(F)C(F)(F)C(F)(F)F)nc1c7c26)c3c45. The van der Waals surface area contributed by atoms with Gasteiger partial charge in [-0.05, 0) is 142 Å². The molecule has 0 unspecified atom stereocenters. The quantitative estimate of drug-likeness (QED) is 0.0864. The molecule has 0 saturated heterocycles. The van der Waals surface area contributed by atoms with Crippen molar-refractivity contribution in [1.29, 1.82) is 0 Å². The van der Waals surface area contributed by atoms with Crippen molar-refractivity contribution in [2.24, 2.45) is 0 Å². The van der Waals surface area contributed by atoms with E-state index < -0.39 is 69.8 Å². The molecule has 6 heterocycles. The van der Waals surface area contributed by atoms with Gasteiger partial charge in [0.25, 0.3) is 0 Å². The molecule has 22 heteroatoms. The highest BCUT2D eigenvalue weighted by Gasteiger charge is 2.76. The highest BCUT2D eigenvalue weighted by atomic mass is 32.1. The van der Waals surface area contributed by atoms with Gasteiger partial charge in [0, 0.05) is 63.3 Å². The van der Waals surface area contributed by atoms with E-state index >= 15 is 35.1 Å². The van der Waals surface area contributed by atoms with E-state index in [9.17, 15) is 26.3 Å². The fourth-order valence-corrected chi connectivity index (χ4v) is 13.0. The van der Waals surface area contributed by atoms with Gasteiger partial charge < -0.3 is 0 Å². The maximum Gasteiger partial charge on any atom is 0.460 e. The van der Waals surface area contributed by atoms with E-state index in [1.54, 1.807) is 73.5 Å². The predicted octanol–water partition coefficient (Wildman–Crippen LogP) is 17.8. The van der Waals surface area contributed by atoms with E-state index in [0.717, 1.165) is 45.3 Å². The van der Waals surface area contributed by atoms with Crippen molar-refractivity contribution < 1.29 is 61.5 Å². The number of hydrogen-bond acceptors (Lipinski definition) is 8. The van der Waals surface area contributed by atoms with Gasteiger partial charge in [0.1, 0.15) is 0 Å². The van der Waals surface area contributed by atoms with E-state index in [4.69, 9.17) is 0 Å². The molecule has 70 heavy (non-hydrogen) atoms. The highest BCUT2D eigenvalue weighted by molar-refractivity contribution is 7.15. The van der Waals surface area contributed by atoms with Gasteiger partial charge in [0.15, 0.2) is 0 Å². The lowest BCUT2D eigenvalue weighted by molar-refractivity contribution is -0.361. The molecule has 0 bridgehead atoms. The molecule has 0 atom stereocenters. The molecule has 0 aliphatic rings. The first-order valence-electron chi connectivity index (χ1n) is 20.5. The second kappa shape index (κ2) is 14.9. The van der Waals surface area contributed by atoms with Crippen LogP contribution in [0.4, 0.5) is 61.5 Å². The van der Waals surface area contributed by atoms with Crippen molar-refractivity contribution in [2.75, 3.05) is 0 Å². The molecule has 0 saturated carbocycles. The molecule has 0 aliphatic heterocycles. The van der Waals surface area contributed by atoms with Crippen LogP contribution in [0, 0.1) is 27.7 Å². The van der Waals surface area contributed by atoms with Crippen LogP contribution >= 0.6 is 45.3 Å². The second-order valence-electron chi connectivity index (χ2n) is 16.9. The summed E-state index contributed by atoms with van der Waals surface area (Å²) in [7, 11) is 0. The molecule has 6 aromatic heterocycles. The number of thiophene rings is 4. The first kappa shape index (κ1) is 46.5. The van der Waals surface area contributed by atoms with Crippen molar-refractivity contribution in [3.05, 3.63) is 104 Å². The number of halogens is 14. The third-order valence-corrected chi connectivity index (χ3v) is 16.8. The fourth-order valence-electron chi connectivity index (χ4n) is 9.20. The first-order chi connectivity index (χ1) is 32.7. The first-order valence-corrected chi connectivity index (χ1v) is 24.0. The van der Waals surface area contributed by atoms with Gasteiger partial charge in [-0.25, -0.2) is 19.9 Å². The molecule has 0 amide bonds. The molecule has 0 N–H and O–H groups in total. The van der Waals surface area contributed by atoms with Crippen LogP contribution in [0.1, 0.15) is 33.9 Å². The Hall–Kier alpha value is -5.84. The van der Waals surface area contributed by atoms with E-state index in [0.29, 0.717) is 41.8 Å². The third kappa shape index (κ3) is 6.17. The lowest BCUT2D eigenvalue weighted by Crippen LogP contribution is -2.50. The van der Waals surface area contributed by atoms with Crippen molar-refractivity contribution in [3.63, 3.8) is 0 Å². The summed E-state index contributed by atoms with van der Waals surface area (Å²) in [6.45, 7) is 6.60. The second-order valence-corrected chi connectivity index (χ2v) is 20.6. The number of aryl methyl sites for hydroxylation is 4. The number of rotatable bonds is 8. The minimum absolute atomic E-state index is 0.00347. The number of hydrogen-bond donors (Lipinski definition) is 0. The molecule has 4 nitrogen and oxygen atoms in total. The molecular formula is C48H24F14N4S4. The Morgan fingerprint density at radius 3 is 0.757 bits per heavy atom. The smallest absolute Gasteiger partial charge is 0.226 e. The molecule has 5 aromatic carbocycles. The summed E-state index contributed by atoms with van der Waals surface area (Å²) < 4.78 is 208. The summed E-state index contributed by atoms with van der Waals surface area (Å²) in [6, 6.07) is 12.6. The van der Waals surface area contributed by atoms with Crippen molar-refractivity contribution in [1.82, 2.24) is 19.9 Å². The van der Waals surface area contributed by atoms with Gasteiger partial charge in [-0.15, -0.1) is 45.3 Å². The average Bonchev–Trinajstić information content (AvgIpc) is 4.12. The number of benzene rings is 5. The molecule has 0 aliphatic carbocycles. The van der Waals surface area contributed by atoms with E-state index in [2.05, 4.69) is 19.9 Å². The van der Waals surface area contributed by atoms with Crippen LogP contribution in [0.15, 0.2) is 70.1 Å². The topological polar surface area (TPSA) is 51.6 Å². The highest BCUT2D eigenvalue weighted by Crippen LogP contribution is 2.58. The zero-order chi connectivity index (χ0) is 50.2. The molecule has 11 rings (SSSR count). The van der Waals surface area contributed by atoms with Crippen molar-refractivity contribution in [2.45, 2.75) is 63.7 Å². The number of nitrogens with zero attached hydrogens (tertiary/aromatic N) is 4. The van der Waals surface area contributed by atoms with Gasteiger partial charge in [-0.3, -0.25) is 0 Å². The Balaban J connectivity index is 1.43. The van der Waals surface area contributed by atoms with Crippen molar-refractivity contribution >= 4 is 111 Å². The average molecular weight is 1050 g/mol. The normalized spacial score (nSPS) is 13.9. The van der Waals surface area contributed by atoms with Gasteiger partial charge in [0.2, 0.25) is 11.6 Å². The van der Waals surface area contributed by atoms with Crippen LogP contribution < -0.4 is 0 Å². The largest absolute Gasteiger partial charge is 0.460 e. The maximum absolute atomic E-state index is 16.1. The van der Waals surface area contributed by atoms with Crippen molar-refractivity contribution in [3.8, 4) is 41.8 Å². The Bertz CT molecular complexity index is 3490. The Morgan fingerprint density at radius 1 is 0.343 bits per heavy atom. The van der Waals surface area contributed by atoms with Crippen LogP contribution in [0.3, 0.4) is 0 Å². The molecule has 11 aromatic rings. The van der Waals surface area contributed by atoms with Gasteiger partial charge in [0.05, 0.1) is 22.1 Å². The van der Waals surface area contributed by atoms with E-state index in [1.165, 1.54) is 24.3 Å². The zero-order valence-electron chi connectivity index (χ0n) is 35.6. The number of fused-ring (bicyclic) bond motifs is 2. The minimum Gasteiger partial charge on any atom is -0.226 e. The Morgan fingerprint density at radius 2 is 0.571 bits per heavy atom. The summed E-state index contributed by atoms with van der Waals surface area (Å²) in [5.74, 6) is -29.5. The predicted molar refractivity (Wildman–Crippen MR) is 247 cm³/mol. The lowest BCUT2D eigenvalue weighted by Gasteiger charge is -2.28. The van der Waals surface area contributed by atoms with E-state index in [1.807, 2.05) is 0 Å². The van der Waals surface area contributed by atoms with Crippen LogP contribution in [0.5, 0.6) is 0 Å². The monoisotopic (exact) mass is 1050 g/mol. The summed E-state index contributed by atoms with van der Waals surface area (Å²) in [5, 5.41) is 8.15. The Labute approximate surface area is 399 Å². The molecule has 0 radical (unpaired) electrons. The summed E-state index contributed by atoms with van der Waals surface area (Å²) in [5.41, 5.74) is 0.628. The maximum atomic E-state index is 16.1. The van der Waals surface area contributed by atoms with Gasteiger partial charge in [-0.2, -0.15) is 61.5 Å². The van der Waals surface area contributed by atoms with Crippen LogP contribution in [-0.2, 0) is 11.8 Å². The number of alkyl halides is 14. The molecule has 0 spiro atoms. The third-order valence-electron chi connectivity index (χ3n) is 12.6. The summed E-state index contributed by atoms with van der Waals surface area (Å²) in [4.78, 5) is 17.2. The minimum atomic E-state index is -6.73. The lowest BCUT2D eigenvalue weighted by atomic mass is 9.83. The standard InChI is InChI=1S/C48H24F14N4S4/c1-17-5-9-67-37(17)25-13-21-22-14-27(39-19(3)7-11-69-39)35-32-30(22)24(16-28(40-20(4)8-12-70-40)36(32)66-42(65-35)44(51,52)46(55,56)48(60,61)62)23-15-26(38-18(2)6-10-68-38)34-31(29(21)23)33(25)63-41(64-34)43(49,50)45(53,54)47(57,58)59/h5-16H,1-4H3. The summed E-state index contributed by atoms with van der Waals surface area (Å²) in [6.07, 6.45) is -13.5. The van der Waals surface area contributed by atoms with E-state index in [-0.39, 0.29) is 65.3 Å². The number of aromatic nitrogens is 4. The van der Waals surface area contributed by atoms with Crippen LogP contribution in [0.2, 0.25) is 0 Å². The van der Waals surface area contributed by atoms with Gasteiger partial charge in [-0.1, -0.05) is 0 Å². The Kier molecular flexibility index (Phi) is 9.88. The van der Waals surface area contributed by atoms with Crippen LogP contribution in [0.25, 0.3) is 107 Å². The fraction of sp³-hybridized carbons (Fsp3) is 0.208. The summed E-state index contributed by atoms with van der Waals surface area (Å²) >= 11 is 4.34. The zero-order valence-corrected chi connectivity index (χ0v) is 38.9. The molecule has 0 fully saturated rings. The molecule has 358 valence electrons. The van der Waals surface area contributed by atoms with Crippen LogP contribution in [-0.4, -0.2) is 44.1 Å². The van der Waals surface area contributed by atoms with Gasteiger partial charge >= 0.3 is 36.0 Å². The molecular weight excluding hydrogens is 1030 g/mol.